The van der Waals surface area contributed by atoms with E-state index in [2.05, 4.69) is 6.07 Å². The summed E-state index contributed by atoms with van der Waals surface area (Å²) in [6, 6.07) is 2.59. The Morgan fingerprint density at radius 3 is 3.00 bits per heavy atom. The molecule has 0 aliphatic carbocycles. The number of thioether (sulfide) groups is 1. The third-order valence-electron chi connectivity index (χ3n) is 2.69. The van der Waals surface area contributed by atoms with Gasteiger partial charge in [-0.2, -0.15) is 17.0 Å². The maximum absolute atomic E-state index is 11.5. The number of likely N-dealkylation sites (tertiary alicyclic amines) is 1. The summed E-state index contributed by atoms with van der Waals surface area (Å²) in [5, 5.41) is 8.71. The van der Waals surface area contributed by atoms with E-state index in [9.17, 15) is 4.79 Å². The monoisotopic (exact) mass is 196 g/mol. The van der Waals surface area contributed by atoms with Gasteiger partial charge in [0.1, 0.15) is 0 Å². The lowest BCUT2D eigenvalue weighted by Gasteiger charge is -2.22. The first-order valence-electron chi connectivity index (χ1n) is 4.58. The van der Waals surface area contributed by atoms with Gasteiger partial charge in [0.15, 0.2) is 0 Å². The van der Waals surface area contributed by atoms with Gasteiger partial charge in [0, 0.05) is 24.8 Å². The zero-order valence-corrected chi connectivity index (χ0v) is 8.22. The van der Waals surface area contributed by atoms with Crippen LogP contribution in [0.4, 0.5) is 0 Å². The summed E-state index contributed by atoms with van der Waals surface area (Å²) in [6.45, 7) is 0.667. The van der Waals surface area contributed by atoms with Crippen molar-refractivity contribution in [1.82, 2.24) is 4.90 Å². The second-order valence-corrected chi connectivity index (χ2v) is 4.74. The predicted octanol–water partition coefficient (Wildman–Crippen LogP) is 0.864. The van der Waals surface area contributed by atoms with Gasteiger partial charge in [0.05, 0.1) is 12.0 Å². The summed E-state index contributed by atoms with van der Waals surface area (Å²) < 4.78 is 0. The summed E-state index contributed by atoms with van der Waals surface area (Å²) in [7, 11) is 0. The first-order valence-corrected chi connectivity index (χ1v) is 5.73. The van der Waals surface area contributed by atoms with E-state index in [4.69, 9.17) is 5.26 Å². The minimum absolute atomic E-state index is 0.0573. The lowest BCUT2D eigenvalue weighted by molar-refractivity contribution is -0.129. The second-order valence-electron chi connectivity index (χ2n) is 3.59. The van der Waals surface area contributed by atoms with Gasteiger partial charge in [-0.05, 0) is 12.2 Å². The molecule has 2 atom stereocenters. The summed E-state index contributed by atoms with van der Waals surface area (Å²) >= 11 is 1.90. The van der Waals surface area contributed by atoms with Gasteiger partial charge < -0.3 is 4.90 Å². The van der Waals surface area contributed by atoms with Gasteiger partial charge in [-0.15, -0.1) is 0 Å². The highest BCUT2D eigenvalue weighted by atomic mass is 32.2. The molecular formula is C9H12N2OS. The van der Waals surface area contributed by atoms with Crippen molar-refractivity contribution in [3.05, 3.63) is 0 Å². The highest BCUT2D eigenvalue weighted by Gasteiger charge is 2.35. The van der Waals surface area contributed by atoms with Crippen LogP contribution in [0.25, 0.3) is 0 Å². The van der Waals surface area contributed by atoms with E-state index in [1.165, 1.54) is 0 Å². The van der Waals surface area contributed by atoms with E-state index in [-0.39, 0.29) is 11.8 Å². The van der Waals surface area contributed by atoms with E-state index in [1.807, 2.05) is 16.7 Å². The average molecular weight is 196 g/mol. The van der Waals surface area contributed by atoms with Gasteiger partial charge >= 0.3 is 0 Å². The van der Waals surface area contributed by atoms with Crippen molar-refractivity contribution < 1.29 is 4.79 Å². The number of amides is 1. The van der Waals surface area contributed by atoms with Crippen LogP contribution in [0.3, 0.4) is 0 Å². The molecule has 2 rings (SSSR count). The fourth-order valence-electron chi connectivity index (χ4n) is 1.94. The van der Waals surface area contributed by atoms with Crippen LogP contribution in [0.5, 0.6) is 0 Å². The van der Waals surface area contributed by atoms with Gasteiger partial charge in [0.2, 0.25) is 5.91 Å². The molecule has 2 unspecified atom stereocenters. The quantitative estimate of drug-likeness (QED) is 0.625. The predicted molar refractivity (Wildman–Crippen MR) is 51.2 cm³/mol. The maximum Gasteiger partial charge on any atom is 0.224 e. The van der Waals surface area contributed by atoms with E-state index in [0.29, 0.717) is 19.0 Å². The maximum atomic E-state index is 11.5. The molecular weight excluding hydrogens is 184 g/mol. The Hall–Kier alpha value is -0.690. The molecule has 4 heteroatoms. The SMILES string of the molecule is N#CC1CC(=O)N(C2CCSC2)C1. The summed E-state index contributed by atoms with van der Waals surface area (Å²) in [5.41, 5.74) is 0. The van der Waals surface area contributed by atoms with Crippen molar-refractivity contribution in [2.75, 3.05) is 18.1 Å². The number of carbonyl (C=O) groups excluding carboxylic acids is 1. The Bertz CT molecular complexity index is 255. The number of hydrogen-bond acceptors (Lipinski definition) is 3. The summed E-state index contributed by atoms with van der Waals surface area (Å²) in [4.78, 5) is 13.4. The van der Waals surface area contributed by atoms with Crippen molar-refractivity contribution in [2.24, 2.45) is 5.92 Å². The molecule has 0 bridgehead atoms. The molecule has 70 valence electrons. The van der Waals surface area contributed by atoms with Gasteiger partial charge in [-0.1, -0.05) is 0 Å². The summed E-state index contributed by atoms with van der Waals surface area (Å²) in [6.07, 6.45) is 1.55. The average Bonchev–Trinajstić information content (AvgIpc) is 2.72. The fourth-order valence-corrected chi connectivity index (χ4v) is 3.16. The molecule has 13 heavy (non-hydrogen) atoms. The Labute approximate surface area is 82.1 Å². The van der Waals surface area contributed by atoms with Crippen LogP contribution in [-0.2, 0) is 4.79 Å². The smallest absolute Gasteiger partial charge is 0.224 e. The molecule has 3 nitrogen and oxygen atoms in total. The summed E-state index contributed by atoms with van der Waals surface area (Å²) in [5.74, 6) is 2.34. The Balaban J connectivity index is 2.00. The molecule has 2 fully saturated rings. The third-order valence-corrected chi connectivity index (χ3v) is 3.83. The van der Waals surface area contributed by atoms with E-state index in [1.54, 1.807) is 0 Å². The number of nitriles is 1. The van der Waals surface area contributed by atoms with E-state index < -0.39 is 0 Å². The number of rotatable bonds is 1. The molecule has 0 N–H and O–H groups in total. The largest absolute Gasteiger partial charge is 0.337 e. The molecule has 0 radical (unpaired) electrons. The lowest BCUT2D eigenvalue weighted by atomic mass is 10.1. The topological polar surface area (TPSA) is 44.1 Å². The fraction of sp³-hybridized carbons (Fsp3) is 0.778. The standard InChI is InChI=1S/C9H12N2OS/c10-4-7-3-9(12)11(5-7)8-1-2-13-6-8/h7-8H,1-3,5-6H2. The normalized spacial score (nSPS) is 33.8. The van der Waals surface area contributed by atoms with Crippen LogP contribution in [-0.4, -0.2) is 34.9 Å². The first kappa shape index (κ1) is 8.89. The third kappa shape index (κ3) is 1.66. The van der Waals surface area contributed by atoms with Crippen molar-refractivity contribution in [2.45, 2.75) is 18.9 Å². The zero-order valence-electron chi connectivity index (χ0n) is 7.40. The Kier molecular flexibility index (Phi) is 2.45. The van der Waals surface area contributed by atoms with Crippen LogP contribution < -0.4 is 0 Å². The van der Waals surface area contributed by atoms with E-state index >= 15 is 0 Å². The van der Waals surface area contributed by atoms with Gasteiger partial charge in [0.25, 0.3) is 0 Å². The molecule has 0 aromatic heterocycles. The van der Waals surface area contributed by atoms with Crippen LogP contribution >= 0.6 is 11.8 Å². The number of hydrogen-bond donors (Lipinski definition) is 0. The molecule has 0 aromatic carbocycles. The first-order chi connectivity index (χ1) is 6.31. The lowest BCUT2D eigenvalue weighted by Crippen LogP contribution is -2.36. The van der Waals surface area contributed by atoms with E-state index in [0.717, 1.165) is 17.9 Å². The van der Waals surface area contributed by atoms with Gasteiger partial charge in [-0.25, -0.2) is 0 Å². The van der Waals surface area contributed by atoms with Crippen molar-refractivity contribution in [1.29, 1.82) is 5.26 Å². The molecule has 2 saturated heterocycles. The Morgan fingerprint density at radius 2 is 2.46 bits per heavy atom. The Morgan fingerprint density at radius 1 is 1.62 bits per heavy atom. The number of carbonyl (C=O) groups is 1. The van der Waals surface area contributed by atoms with Crippen LogP contribution in [0.15, 0.2) is 0 Å². The number of nitrogens with zero attached hydrogens (tertiary/aromatic N) is 2. The highest BCUT2D eigenvalue weighted by Crippen LogP contribution is 2.27. The highest BCUT2D eigenvalue weighted by molar-refractivity contribution is 7.99. The second kappa shape index (κ2) is 3.59. The minimum Gasteiger partial charge on any atom is -0.337 e. The molecule has 2 aliphatic rings. The molecule has 0 spiro atoms. The van der Waals surface area contributed by atoms with Crippen molar-refractivity contribution >= 4 is 17.7 Å². The molecule has 2 heterocycles. The molecule has 2 aliphatic heterocycles. The van der Waals surface area contributed by atoms with Crippen molar-refractivity contribution in [3.63, 3.8) is 0 Å². The minimum atomic E-state index is -0.0573. The van der Waals surface area contributed by atoms with Crippen LogP contribution in [0, 0.1) is 17.2 Å². The van der Waals surface area contributed by atoms with Crippen LogP contribution in [0.1, 0.15) is 12.8 Å². The van der Waals surface area contributed by atoms with Gasteiger partial charge in [-0.3, -0.25) is 4.79 Å². The zero-order chi connectivity index (χ0) is 9.26. The molecule has 0 saturated carbocycles. The molecule has 1 amide bonds. The van der Waals surface area contributed by atoms with Crippen molar-refractivity contribution in [3.8, 4) is 6.07 Å². The van der Waals surface area contributed by atoms with Crippen LogP contribution in [0.2, 0.25) is 0 Å². The molecule has 0 aromatic rings.